The monoisotopic (exact) mass is 341 g/mol. The van der Waals surface area contributed by atoms with Crippen molar-refractivity contribution in [2.75, 3.05) is 18.0 Å². The van der Waals surface area contributed by atoms with Crippen LogP contribution in [0, 0.1) is 20.8 Å². The number of nitrogens with one attached hydrogen (secondary N) is 1. The molecule has 4 heterocycles. The molecule has 0 atom stereocenters. The quantitative estimate of drug-likeness (QED) is 0.716. The van der Waals surface area contributed by atoms with Crippen LogP contribution in [0.4, 0.5) is 5.95 Å². The van der Waals surface area contributed by atoms with Crippen molar-refractivity contribution in [3.8, 4) is 0 Å². The first-order valence-electron chi connectivity index (χ1n) is 8.92. The average molecular weight is 341 g/mol. The van der Waals surface area contributed by atoms with Crippen molar-refractivity contribution in [2.45, 2.75) is 46.5 Å². The van der Waals surface area contributed by atoms with Crippen LogP contribution in [0.25, 0.3) is 5.65 Å². The van der Waals surface area contributed by atoms with E-state index in [4.69, 9.17) is 9.97 Å². The van der Waals surface area contributed by atoms with Crippen molar-refractivity contribution in [1.29, 1.82) is 0 Å². The van der Waals surface area contributed by atoms with E-state index in [0.29, 0.717) is 0 Å². The molecule has 0 spiro atoms. The fraction of sp³-hybridized carbons (Fsp3) is 0.588. The first-order chi connectivity index (χ1) is 12.0. The van der Waals surface area contributed by atoms with E-state index in [1.54, 1.807) is 0 Å². The lowest BCUT2D eigenvalue weighted by Gasteiger charge is -2.10. The largest absolute Gasteiger partial charge is 0.340 e. The summed E-state index contributed by atoms with van der Waals surface area (Å²) in [5, 5.41) is 7.93. The summed E-state index contributed by atoms with van der Waals surface area (Å²) in [5.41, 5.74) is 3.10. The van der Waals surface area contributed by atoms with Crippen LogP contribution in [0.5, 0.6) is 0 Å². The van der Waals surface area contributed by atoms with Crippen molar-refractivity contribution >= 4 is 11.6 Å². The van der Waals surface area contributed by atoms with Gasteiger partial charge in [0.05, 0.1) is 5.56 Å². The second-order valence-electron chi connectivity index (χ2n) is 6.84. The molecule has 8 heteroatoms. The molecule has 0 bridgehead atoms. The molecule has 0 amide bonds. The summed E-state index contributed by atoms with van der Waals surface area (Å²) in [7, 11) is 1.97. The van der Waals surface area contributed by atoms with Gasteiger partial charge < -0.3 is 4.90 Å². The van der Waals surface area contributed by atoms with Gasteiger partial charge in [0.15, 0.2) is 0 Å². The Morgan fingerprint density at radius 1 is 1.04 bits per heavy atom. The summed E-state index contributed by atoms with van der Waals surface area (Å²) in [6.07, 6.45) is 4.07. The molecule has 3 aromatic rings. The predicted octanol–water partition coefficient (Wildman–Crippen LogP) is 0.983. The number of aromatic nitrogens is 7. The smallest absolute Gasteiger partial charge is 0.293 e. The first kappa shape index (κ1) is 16.0. The van der Waals surface area contributed by atoms with E-state index in [0.717, 1.165) is 66.3 Å². The molecule has 132 valence electrons. The normalized spacial score (nSPS) is 14.8. The molecule has 1 aliphatic rings. The molecule has 1 saturated heterocycles. The van der Waals surface area contributed by atoms with Gasteiger partial charge in [0, 0.05) is 39.9 Å². The second kappa shape index (κ2) is 6.09. The molecule has 0 saturated carbocycles. The lowest BCUT2D eigenvalue weighted by atomic mass is 10.2. The predicted molar refractivity (Wildman–Crippen MR) is 93.6 cm³/mol. The van der Waals surface area contributed by atoms with Crippen LogP contribution >= 0.6 is 0 Å². The summed E-state index contributed by atoms with van der Waals surface area (Å²) in [4.78, 5) is 16.3. The highest BCUT2D eigenvalue weighted by Gasteiger charge is 2.21. The van der Waals surface area contributed by atoms with Crippen LogP contribution in [0.2, 0.25) is 0 Å². The average Bonchev–Trinajstić information content (AvgIpc) is 3.30. The van der Waals surface area contributed by atoms with Crippen LogP contribution in [-0.2, 0) is 19.9 Å². The molecule has 8 nitrogen and oxygen atoms in total. The molecule has 3 aromatic heterocycles. The van der Waals surface area contributed by atoms with E-state index in [-0.39, 0.29) is 0 Å². The van der Waals surface area contributed by atoms with Gasteiger partial charge in [0.2, 0.25) is 11.8 Å². The summed E-state index contributed by atoms with van der Waals surface area (Å²) >= 11 is 0. The van der Waals surface area contributed by atoms with E-state index in [1.807, 2.05) is 30.1 Å². The van der Waals surface area contributed by atoms with Crippen molar-refractivity contribution in [3.63, 3.8) is 0 Å². The van der Waals surface area contributed by atoms with Gasteiger partial charge in [-0.05, 0) is 26.7 Å². The van der Waals surface area contributed by atoms with E-state index >= 15 is 0 Å². The van der Waals surface area contributed by atoms with Gasteiger partial charge in [-0.15, -0.1) is 14.6 Å². The number of rotatable bonds is 4. The SMILES string of the molecule is Cc1nc(C)[n+]2[nH]c(CCc3nc(N4CCCC4)nn3C)nc2c1C. The van der Waals surface area contributed by atoms with E-state index in [9.17, 15) is 0 Å². The molecule has 25 heavy (non-hydrogen) atoms. The fourth-order valence-corrected chi connectivity index (χ4v) is 3.42. The van der Waals surface area contributed by atoms with Crippen molar-refractivity contribution < 1.29 is 4.52 Å². The Bertz CT molecular complexity index is 917. The van der Waals surface area contributed by atoms with Crippen LogP contribution in [0.3, 0.4) is 0 Å². The van der Waals surface area contributed by atoms with Crippen molar-refractivity contribution in [1.82, 2.24) is 29.8 Å². The molecule has 0 aromatic carbocycles. The topological polar surface area (TPSA) is 79.6 Å². The number of fused-ring (bicyclic) bond motifs is 1. The van der Waals surface area contributed by atoms with Gasteiger partial charge >= 0.3 is 0 Å². The summed E-state index contributed by atoms with van der Waals surface area (Å²) in [6.45, 7) is 8.21. The maximum Gasteiger partial charge on any atom is 0.293 e. The molecule has 1 aliphatic heterocycles. The zero-order chi connectivity index (χ0) is 17.6. The maximum atomic E-state index is 4.76. The number of aromatic amines is 1. The van der Waals surface area contributed by atoms with Gasteiger partial charge in [0.25, 0.3) is 11.5 Å². The number of hydrogen-bond acceptors (Lipinski definition) is 5. The third-order valence-electron chi connectivity index (χ3n) is 5.04. The number of anilines is 1. The maximum absolute atomic E-state index is 4.76. The Balaban J connectivity index is 1.54. The zero-order valence-electron chi connectivity index (χ0n) is 15.4. The number of nitrogens with zero attached hydrogens (tertiary/aromatic N) is 7. The molecule has 0 radical (unpaired) electrons. The Morgan fingerprint density at radius 3 is 2.56 bits per heavy atom. The van der Waals surface area contributed by atoms with Crippen LogP contribution in [0.1, 0.15) is 41.6 Å². The van der Waals surface area contributed by atoms with Gasteiger partial charge in [-0.2, -0.15) is 4.98 Å². The highest BCUT2D eigenvalue weighted by molar-refractivity contribution is 5.41. The summed E-state index contributed by atoms with van der Waals surface area (Å²) in [5.74, 6) is 3.73. The zero-order valence-corrected chi connectivity index (χ0v) is 15.4. The lowest BCUT2D eigenvalue weighted by molar-refractivity contribution is -0.589. The number of hydrogen-bond donors (Lipinski definition) is 1. The lowest BCUT2D eigenvalue weighted by Crippen LogP contribution is -2.30. The molecular weight excluding hydrogens is 316 g/mol. The van der Waals surface area contributed by atoms with Gasteiger partial charge in [-0.3, -0.25) is 4.68 Å². The van der Waals surface area contributed by atoms with Gasteiger partial charge in [-0.25, -0.2) is 5.10 Å². The van der Waals surface area contributed by atoms with Crippen molar-refractivity contribution in [2.24, 2.45) is 7.05 Å². The third kappa shape index (κ3) is 2.85. The molecule has 1 N–H and O–H groups in total. The molecule has 4 rings (SSSR count). The summed E-state index contributed by atoms with van der Waals surface area (Å²) in [6, 6.07) is 0. The highest BCUT2D eigenvalue weighted by atomic mass is 15.4. The molecule has 1 fully saturated rings. The summed E-state index contributed by atoms with van der Waals surface area (Å²) < 4.78 is 3.86. The van der Waals surface area contributed by atoms with Crippen molar-refractivity contribution in [3.05, 3.63) is 28.7 Å². The highest BCUT2D eigenvalue weighted by Crippen LogP contribution is 2.16. The van der Waals surface area contributed by atoms with Gasteiger partial charge in [-0.1, -0.05) is 4.98 Å². The fourth-order valence-electron chi connectivity index (χ4n) is 3.42. The van der Waals surface area contributed by atoms with Crippen LogP contribution in [-0.4, -0.2) is 42.9 Å². The Hall–Kier alpha value is -2.51. The van der Waals surface area contributed by atoms with Crippen LogP contribution < -0.4 is 9.42 Å². The minimum Gasteiger partial charge on any atom is -0.340 e. The van der Waals surface area contributed by atoms with E-state index in [1.165, 1.54) is 12.8 Å². The Morgan fingerprint density at radius 2 is 1.80 bits per heavy atom. The Labute approximate surface area is 146 Å². The number of H-pyrrole nitrogens is 1. The van der Waals surface area contributed by atoms with E-state index < -0.39 is 0 Å². The molecule has 0 unspecified atom stereocenters. The van der Waals surface area contributed by atoms with E-state index in [2.05, 4.69) is 27.0 Å². The van der Waals surface area contributed by atoms with Crippen LogP contribution in [0.15, 0.2) is 0 Å². The standard InChI is InChI=1S/C17H24N8/c1-11-12(2)18-13(3)25-16(11)19-14(21-25)7-8-15-20-17(22-23(15)4)24-9-5-6-10-24/h5-10H2,1-4H3/p+1. The Kier molecular flexibility index (Phi) is 3.89. The third-order valence-corrected chi connectivity index (χ3v) is 5.04. The molecular formula is C17H25N8+. The number of aryl methyl sites for hydroxylation is 6. The first-order valence-corrected chi connectivity index (χ1v) is 8.92. The minimum absolute atomic E-state index is 0.797. The molecule has 0 aliphatic carbocycles. The minimum atomic E-state index is 0.797. The van der Waals surface area contributed by atoms with Gasteiger partial charge in [0.1, 0.15) is 11.5 Å². The second-order valence-corrected chi connectivity index (χ2v) is 6.84.